The number of hydrogen-bond acceptors (Lipinski definition) is 0. The summed E-state index contributed by atoms with van der Waals surface area (Å²) in [6, 6.07) is 45.4. The van der Waals surface area contributed by atoms with Gasteiger partial charge in [0.05, 0.1) is 5.41 Å². The molecular weight excluding hydrogens is 408 g/mol. The molecule has 0 spiro atoms. The quantitative estimate of drug-likeness (QED) is 0.265. The van der Waals surface area contributed by atoms with E-state index < -0.39 is 5.41 Å². The van der Waals surface area contributed by atoms with Crippen LogP contribution < -0.4 is 0 Å². The van der Waals surface area contributed by atoms with Gasteiger partial charge >= 0.3 is 0 Å². The van der Waals surface area contributed by atoms with Gasteiger partial charge in [0.2, 0.25) is 0 Å². The third-order valence-corrected chi connectivity index (χ3v) is 6.86. The Morgan fingerprint density at radius 3 is 1.69 bits per heavy atom. The second-order valence-electron chi connectivity index (χ2n) is 8.27. The highest BCUT2D eigenvalue weighted by molar-refractivity contribution is 6.30. The van der Waals surface area contributed by atoms with Crippen molar-refractivity contribution in [3.63, 3.8) is 0 Å². The fourth-order valence-electron chi connectivity index (χ4n) is 5.37. The van der Waals surface area contributed by atoms with Crippen LogP contribution in [-0.2, 0) is 5.41 Å². The summed E-state index contributed by atoms with van der Waals surface area (Å²) in [7, 11) is 0. The standard InChI is InChI=1S/C31H21Cl/c32-25-19-20-27-29(21-25)31(23-13-6-2-7-14-23,24-15-8-3-9-16-24)28-18-10-17-26(30(27)28)22-11-4-1-5-12-22/h1-21H. The van der Waals surface area contributed by atoms with Gasteiger partial charge in [0, 0.05) is 5.02 Å². The predicted molar refractivity (Wildman–Crippen MR) is 134 cm³/mol. The molecule has 1 heteroatoms. The van der Waals surface area contributed by atoms with E-state index in [-0.39, 0.29) is 0 Å². The van der Waals surface area contributed by atoms with Crippen molar-refractivity contribution in [1.82, 2.24) is 0 Å². The number of hydrogen-bond donors (Lipinski definition) is 0. The summed E-state index contributed by atoms with van der Waals surface area (Å²) in [4.78, 5) is 0. The summed E-state index contributed by atoms with van der Waals surface area (Å²) in [5.74, 6) is 0. The van der Waals surface area contributed by atoms with Crippen LogP contribution in [0, 0.1) is 0 Å². The lowest BCUT2D eigenvalue weighted by molar-refractivity contribution is 0.768. The summed E-state index contributed by atoms with van der Waals surface area (Å²) in [5, 5.41) is 0.758. The zero-order chi connectivity index (χ0) is 21.5. The van der Waals surface area contributed by atoms with E-state index in [1.807, 2.05) is 6.07 Å². The second-order valence-corrected chi connectivity index (χ2v) is 8.70. The van der Waals surface area contributed by atoms with Gasteiger partial charge in [-0.3, -0.25) is 0 Å². The number of halogens is 1. The summed E-state index contributed by atoms with van der Waals surface area (Å²) in [6.07, 6.45) is 0. The predicted octanol–water partition coefficient (Wildman–Crippen LogP) is 8.37. The van der Waals surface area contributed by atoms with Gasteiger partial charge in [0.1, 0.15) is 0 Å². The van der Waals surface area contributed by atoms with Crippen LogP contribution in [0.25, 0.3) is 22.3 Å². The Kier molecular flexibility index (Phi) is 4.48. The van der Waals surface area contributed by atoms with Crippen molar-refractivity contribution in [2.75, 3.05) is 0 Å². The maximum Gasteiger partial charge on any atom is 0.0714 e. The molecular formula is C31H21Cl. The van der Waals surface area contributed by atoms with Gasteiger partial charge in [0.15, 0.2) is 0 Å². The van der Waals surface area contributed by atoms with Crippen LogP contribution >= 0.6 is 11.6 Å². The molecule has 0 aromatic heterocycles. The SMILES string of the molecule is Clc1ccc2c(c1)C(c1ccccc1)(c1ccccc1)c1cccc(-c3ccccc3)c1-2. The highest BCUT2D eigenvalue weighted by Gasteiger charge is 2.46. The Morgan fingerprint density at radius 2 is 1.06 bits per heavy atom. The van der Waals surface area contributed by atoms with Crippen molar-refractivity contribution in [3.8, 4) is 22.3 Å². The maximum absolute atomic E-state index is 6.63. The van der Waals surface area contributed by atoms with Crippen LogP contribution in [-0.4, -0.2) is 0 Å². The zero-order valence-corrected chi connectivity index (χ0v) is 18.3. The van der Waals surface area contributed by atoms with Gasteiger partial charge in [-0.2, -0.15) is 0 Å². The molecule has 0 N–H and O–H groups in total. The molecule has 0 fully saturated rings. The first kappa shape index (κ1) is 19.1. The van der Waals surface area contributed by atoms with Gasteiger partial charge in [-0.05, 0) is 56.6 Å². The van der Waals surface area contributed by atoms with Gasteiger partial charge < -0.3 is 0 Å². The Labute approximate surface area is 193 Å². The third kappa shape index (κ3) is 2.70. The van der Waals surface area contributed by atoms with E-state index in [0.717, 1.165) is 5.02 Å². The minimum atomic E-state index is -0.428. The summed E-state index contributed by atoms with van der Waals surface area (Å²) < 4.78 is 0. The van der Waals surface area contributed by atoms with Crippen molar-refractivity contribution in [3.05, 3.63) is 155 Å². The Hall–Kier alpha value is -3.61. The Balaban J connectivity index is 1.80. The fraction of sp³-hybridized carbons (Fsp3) is 0.0323. The maximum atomic E-state index is 6.63. The normalized spacial score (nSPS) is 13.4. The Morgan fingerprint density at radius 1 is 0.469 bits per heavy atom. The van der Waals surface area contributed by atoms with Crippen molar-refractivity contribution >= 4 is 11.6 Å². The molecule has 1 aliphatic rings. The molecule has 0 saturated heterocycles. The van der Waals surface area contributed by atoms with Crippen molar-refractivity contribution < 1.29 is 0 Å². The van der Waals surface area contributed by atoms with Crippen molar-refractivity contribution in [2.24, 2.45) is 0 Å². The summed E-state index contributed by atoms with van der Waals surface area (Å²) in [5.41, 5.74) is 9.62. The van der Waals surface area contributed by atoms with E-state index in [9.17, 15) is 0 Å². The number of fused-ring (bicyclic) bond motifs is 3. The molecule has 0 radical (unpaired) electrons. The molecule has 0 heterocycles. The fourth-order valence-corrected chi connectivity index (χ4v) is 5.54. The van der Waals surface area contributed by atoms with Crippen LogP contribution in [0.5, 0.6) is 0 Å². The van der Waals surface area contributed by atoms with E-state index in [2.05, 4.69) is 121 Å². The van der Waals surface area contributed by atoms with Crippen molar-refractivity contribution in [2.45, 2.75) is 5.41 Å². The van der Waals surface area contributed by atoms with Crippen LogP contribution in [0.1, 0.15) is 22.3 Å². The van der Waals surface area contributed by atoms with Crippen molar-refractivity contribution in [1.29, 1.82) is 0 Å². The number of rotatable bonds is 3. The van der Waals surface area contributed by atoms with Crippen LogP contribution in [0.2, 0.25) is 5.02 Å². The summed E-state index contributed by atoms with van der Waals surface area (Å²) >= 11 is 6.63. The van der Waals surface area contributed by atoms with Gasteiger partial charge in [-0.15, -0.1) is 0 Å². The van der Waals surface area contributed by atoms with E-state index in [0.29, 0.717) is 0 Å². The smallest absolute Gasteiger partial charge is 0.0714 e. The Bertz CT molecular complexity index is 1360. The first-order valence-electron chi connectivity index (χ1n) is 10.9. The average molecular weight is 429 g/mol. The molecule has 0 bridgehead atoms. The van der Waals surface area contributed by atoms with Crippen LogP contribution in [0.15, 0.2) is 127 Å². The molecule has 6 rings (SSSR count). The van der Waals surface area contributed by atoms with E-state index >= 15 is 0 Å². The zero-order valence-electron chi connectivity index (χ0n) is 17.5. The molecule has 0 saturated carbocycles. The average Bonchev–Trinajstić information content (AvgIpc) is 3.16. The lowest BCUT2D eigenvalue weighted by Crippen LogP contribution is -2.28. The lowest BCUT2D eigenvalue weighted by atomic mass is 9.67. The van der Waals surface area contributed by atoms with Gasteiger partial charge in [0.25, 0.3) is 0 Å². The molecule has 0 amide bonds. The molecule has 0 aliphatic heterocycles. The molecule has 5 aromatic rings. The van der Waals surface area contributed by atoms with Gasteiger partial charge in [-0.25, -0.2) is 0 Å². The van der Waals surface area contributed by atoms with E-state index in [4.69, 9.17) is 11.6 Å². The lowest BCUT2D eigenvalue weighted by Gasteiger charge is -2.34. The van der Waals surface area contributed by atoms with Crippen LogP contribution in [0.4, 0.5) is 0 Å². The highest BCUT2D eigenvalue weighted by atomic mass is 35.5. The molecule has 0 nitrogen and oxygen atoms in total. The highest BCUT2D eigenvalue weighted by Crippen LogP contribution is 2.58. The minimum absolute atomic E-state index is 0.428. The topological polar surface area (TPSA) is 0 Å². The molecule has 0 unspecified atom stereocenters. The van der Waals surface area contributed by atoms with Crippen LogP contribution in [0.3, 0.4) is 0 Å². The molecule has 152 valence electrons. The molecule has 0 atom stereocenters. The largest absolute Gasteiger partial charge is 0.0843 e. The number of benzene rings is 5. The monoisotopic (exact) mass is 428 g/mol. The first-order chi connectivity index (χ1) is 15.8. The van der Waals surface area contributed by atoms with Gasteiger partial charge in [-0.1, -0.05) is 127 Å². The van der Waals surface area contributed by atoms with E-state index in [1.54, 1.807) is 0 Å². The molecule has 5 aromatic carbocycles. The first-order valence-corrected chi connectivity index (χ1v) is 11.3. The molecule has 32 heavy (non-hydrogen) atoms. The van der Waals surface area contributed by atoms with E-state index in [1.165, 1.54) is 44.5 Å². The minimum Gasteiger partial charge on any atom is -0.0843 e. The molecule has 1 aliphatic carbocycles. The summed E-state index contributed by atoms with van der Waals surface area (Å²) in [6.45, 7) is 0. The third-order valence-electron chi connectivity index (χ3n) is 6.62. The second kappa shape index (κ2) is 7.51.